The third kappa shape index (κ3) is 4.29. The van der Waals surface area contributed by atoms with E-state index in [4.69, 9.17) is 9.47 Å². The topological polar surface area (TPSA) is 69.2 Å². The summed E-state index contributed by atoms with van der Waals surface area (Å²) in [4.78, 5) is 4.62. The first-order chi connectivity index (χ1) is 15.8. The van der Waals surface area contributed by atoms with Crippen molar-refractivity contribution in [1.82, 2.24) is 15.2 Å². The van der Waals surface area contributed by atoms with Crippen LogP contribution in [-0.4, -0.2) is 20.9 Å². The number of anilines is 1. The molecule has 0 aliphatic carbocycles. The van der Waals surface area contributed by atoms with Crippen LogP contribution in [0.15, 0.2) is 96.7 Å². The van der Waals surface area contributed by atoms with Crippen LogP contribution in [0, 0.1) is 0 Å². The van der Waals surface area contributed by atoms with Crippen molar-refractivity contribution in [3.8, 4) is 28.6 Å². The van der Waals surface area contributed by atoms with Gasteiger partial charge in [-0.2, -0.15) is 4.98 Å². The van der Waals surface area contributed by atoms with Gasteiger partial charge >= 0.3 is 0 Å². The summed E-state index contributed by atoms with van der Waals surface area (Å²) in [7, 11) is 0. The minimum atomic E-state index is -0.481. The molecule has 1 aliphatic heterocycles. The number of hydrogen-bond acceptors (Lipinski definition) is 7. The van der Waals surface area contributed by atoms with Gasteiger partial charge in [-0.3, -0.25) is 0 Å². The molecule has 6 nitrogen and oxygen atoms in total. The van der Waals surface area contributed by atoms with Crippen LogP contribution in [0.2, 0.25) is 0 Å². The number of thioether (sulfide) groups is 1. The van der Waals surface area contributed by atoms with Gasteiger partial charge in [0.05, 0.1) is 0 Å². The second kappa shape index (κ2) is 9.11. The van der Waals surface area contributed by atoms with E-state index >= 15 is 0 Å². The molecule has 0 radical (unpaired) electrons. The Labute approximate surface area is 190 Å². The van der Waals surface area contributed by atoms with Crippen molar-refractivity contribution >= 4 is 17.4 Å². The summed E-state index contributed by atoms with van der Waals surface area (Å²) in [6, 6.07) is 25.4. The smallest absolute Gasteiger partial charge is 0.247 e. The van der Waals surface area contributed by atoms with E-state index in [1.807, 2.05) is 78.9 Å². The SMILES string of the molecule is C=CCSc1nnc2c(n1)O[C@@H](c1cccc(Oc3ccccc3)c1)Nc1ccccc1-2. The van der Waals surface area contributed by atoms with Gasteiger partial charge in [0, 0.05) is 22.6 Å². The molecule has 0 bridgehead atoms. The van der Waals surface area contributed by atoms with Crippen LogP contribution < -0.4 is 14.8 Å². The second-order valence-corrected chi connectivity index (χ2v) is 8.01. The first-order valence-electron chi connectivity index (χ1n) is 10.1. The third-order valence-corrected chi connectivity index (χ3v) is 5.64. The Hall–Kier alpha value is -3.84. The largest absolute Gasteiger partial charge is 0.457 e. The van der Waals surface area contributed by atoms with Gasteiger partial charge in [-0.25, -0.2) is 0 Å². The zero-order valence-electron chi connectivity index (χ0n) is 17.1. The van der Waals surface area contributed by atoms with Crippen LogP contribution in [0.5, 0.6) is 17.4 Å². The van der Waals surface area contributed by atoms with E-state index < -0.39 is 6.23 Å². The minimum absolute atomic E-state index is 0.434. The number of aromatic nitrogens is 3. The highest BCUT2D eigenvalue weighted by Crippen LogP contribution is 2.40. The zero-order chi connectivity index (χ0) is 21.8. The molecule has 1 N–H and O–H groups in total. The molecule has 0 amide bonds. The maximum Gasteiger partial charge on any atom is 0.247 e. The van der Waals surface area contributed by atoms with Crippen molar-refractivity contribution in [3.05, 3.63) is 97.1 Å². The van der Waals surface area contributed by atoms with Gasteiger partial charge in [-0.15, -0.1) is 16.8 Å². The fraction of sp³-hybridized carbons (Fsp3) is 0.0800. The van der Waals surface area contributed by atoms with Gasteiger partial charge < -0.3 is 14.8 Å². The molecule has 7 heteroatoms. The maximum atomic E-state index is 6.33. The van der Waals surface area contributed by atoms with E-state index in [-0.39, 0.29) is 0 Å². The number of hydrogen-bond donors (Lipinski definition) is 1. The number of fused-ring (bicyclic) bond motifs is 3. The van der Waals surface area contributed by atoms with E-state index in [1.54, 1.807) is 6.08 Å². The summed E-state index contributed by atoms with van der Waals surface area (Å²) in [5.74, 6) is 2.62. The number of nitrogens with one attached hydrogen (secondary N) is 1. The van der Waals surface area contributed by atoms with E-state index in [0.29, 0.717) is 22.5 Å². The number of benzene rings is 3. The summed E-state index contributed by atoms with van der Waals surface area (Å²) in [6.45, 7) is 3.75. The monoisotopic (exact) mass is 440 g/mol. The number of ether oxygens (including phenoxy) is 2. The molecule has 2 heterocycles. The van der Waals surface area contributed by atoms with Crippen LogP contribution in [0.4, 0.5) is 5.69 Å². The van der Waals surface area contributed by atoms with Gasteiger partial charge in [-0.05, 0) is 30.3 Å². The van der Waals surface area contributed by atoms with Gasteiger partial charge in [0.25, 0.3) is 0 Å². The van der Waals surface area contributed by atoms with E-state index in [0.717, 1.165) is 28.3 Å². The van der Waals surface area contributed by atoms with E-state index in [9.17, 15) is 0 Å². The molecule has 0 fully saturated rings. The zero-order valence-corrected chi connectivity index (χ0v) is 18.0. The molecule has 3 aromatic carbocycles. The van der Waals surface area contributed by atoms with E-state index in [2.05, 4.69) is 27.1 Å². The highest BCUT2D eigenvalue weighted by molar-refractivity contribution is 7.99. The lowest BCUT2D eigenvalue weighted by molar-refractivity contribution is 0.225. The Bertz CT molecular complexity index is 1250. The summed E-state index contributed by atoms with van der Waals surface area (Å²) in [5, 5.41) is 12.7. The number of rotatable bonds is 6. The predicted molar refractivity (Wildman–Crippen MR) is 126 cm³/mol. The van der Waals surface area contributed by atoms with Crippen LogP contribution in [0.1, 0.15) is 11.8 Å². The van der Waals surface area contributed by atoms with Crippen LogP contribution in [0.3, 0.4) is 0 Å². The Balaban J connectivity index is 1.51. The predicted octanol–water partition coefficient (Wildman–Crippen LogP) is 6.11. The molecule has 4 aromatic rings. The molecular weight excluding hydrogens is 420 g/mol. The third-order valence-electron chi connectivity index (χ3n) is 4.80. The quantitative estimate of drug-likeness (QED) is 0.286. The highest BCUT2D eigenvalue weighted by Gasteiger charge is 2.26. The molecule has 0 spiro atoms. The Morgan fingerprint density at radius 1 is 0.969 bits per heavy atom. The summed E-state index contributed by atoms with van der Waals surface area (Å²) >= 11 is 1.46. The van der Waals surface area contributed by atoms with Gasteiger partial charge in [0.1, 0.15) is 11.5 Å². The minimum Gasteiger partial charge on any atom is -0.457 e. The van der Waals surface area contributed by atoms with Crippen LogP contribution >= 0.6 is 11.8 Å². The molecule has 0 saturated heterocycles. The Morgan fingerprint density at radius 2 is 1.78 bits per heavy atom. The summed E-state index contributed by atoms with van der Waals surface area (Å²) in [6.07, 6.45) is 1.32. The van der Waals surface area contributed by atoms with Crippen molar-refractivity contribution in [2.75, 3.05) is 11.1 Å². The summed E-state index contributed by atoms with van der Waals surface area (Å²) < 4.78 is 12.3. The first-order valence-corrected chi connectivity index (χ1v) is 11.1. The fourth-order valence-electron chi connectivity index (χ4n) is 3.36. The standard InChI is InChI=1S/C25H20N4O2S/c1-2-15-32-25-27-24-22(28-29-25)20-13-6-7-14-21(20)26-23(31-24)17-9-8-12-19(16-17)30-18-10-4-3-5-11-18/h2-14,16,23,26H,1,15H2/t23-/m0/s1. The number of nitrogens with zero attached hydrogens (tertiary/aromatic N) is 3. The number of para-hydroxylation sites is 2. The lowest BCUT2D eigenvalue weighted by Crippen LogP contribution is -2.17. The van der Waals surface area contributed by atoms with Crippen LogP contribution in [0.25, 0.3) is 11.3 Å². The first kappa shape index (κ1) is 20.1. The van der Waals surface area contributed by atoms with Crippen molar-refractivity contribution in [1.29, 1.82) is 0 Å². The van der Waals surface area contributed by atoms with Crippen molar-refractivity contribution in [2.24, 2.45) is 0 Å². The summed E-state index contributed by atoms with van der Waals surface area (Å²) in [5.41, 5.74) is 3.30. The fourth-order valence-corrected chi connectivity index (χ4v) is 3.87. The maximum absolute atomic E-state index is 6.33. The average molecular weight is 441 g/mol. The molecule has 158 valence electrons. The van der Waals surface area contributed by atoms with Gasteiger partial charge in [0.15, 0.2) is 11.9 Å². The normalized spacial score (nSPS) is 14.2. The lowest BCUT2D eigenvalue weighted by atomic mass is 10.1. The molecule has 32 heavy (non-hydrogen) atoms. The molecule has 1 atom stereocenters. The van der Waals surface area contributed by atoms with Gasteiger partial charge in [0.2, 0.25) is 11.0 Å². The van der Waals surface area contributed by atoms with Crippen molar-refractivity contribution < 1.29 is 9.47 Å². The molecule has 5 rings (SSSR count). The molecule has 1 aliphatic rings. The Kier molecular flexibility index (Phi) is 5.72. The Morgan fingerprint density at radius 3 is 2.66 bits per heavy atom. The van der Waals surface area contributed by atoms with E-state index in [1.165, 1.54) is 11.8 Å². The average Bonchev–Trinajstić information content (AvgIpc) is 3.00. The molecule has 1 aromatic heterocycles. The van der Waals surface area contributed by atoms with Gasteiger partial charge in [-0.1, -0.05) is 66.4 Å². The molecule has 0 unspecified atom stereocenters. The molecule has 0 saturated carbocycles. The van der Waals surface area contributed by atoms with Crippen LogP contribution in [-0.2, 0) is 0 Å². The lowest BCUT2D eigenvalue weighted by Gasteiger charge is -2.20. The molecular formula is C25H20N4O2S. The van der Waals surface area contributed by atoms with Crippen molar-refractivity contribution in [2.45, 2.75) is 11.4 Å². The van der Waals surface area contributed by atoms with Crippen molar-refractivity contribution in [3.63, 3.8) is 0 Å². The highest BCUT2D eigenvalue weighted by atomic mass is 32.2. The second-order valence-electron chi connectivity index (χ2n) is 7.02.